The fourth-order valence-corrected chi connectivity index (χ4v) is 5.03. The van der Waals surface area contributed by atoms with Gasteiger partial charge in [-0.15, -0.1) is 0 Å². The molecule has 1 aliphatic rings. The molecular weight excluding hydrogens is 518 g/mol. The minimum Gasteiger partial charge on any atom is -0.445 e. The third-order valence-electron chi connectivity index (χ3n) is 7.01. The van der Waals surface area contributed by atoms with Crippen LogP contribution in [0.1, 0.15) is 62.5 Å². The summed E-state index contributed by atoms with van der Waals surface area (Å²) in [5, 5.41) is 5.95. The molecule has 2 atom stereocenters. The van der Waals surface area contributed by atoms with Crippen LogP contribution in [0.5, 0.6) is 0 Å². The highest BCUT2D eigenvalue weighted by Crippen LogP contribution is 2.27. The van der Waals surface area contributed by atoms with Crippen molar-refractivity contribution in [2.24, 2.45) is 5.92 Å². The van der Waals surface area contributed by atoms with Crippen molar-refractivity contribution in [2.75, 3.05) is 7.05 Å². The number of alkyl carbamates (subject to hydrolysis) is 1. The van der Waals surface area contributed by atoms with E-state index in [0.29, 0.717) is 30.2 Å². The molecule has 2 N–H and O–H groups in total. The molecule has 0 aliphatic heterocycles. The summed E-state index contributed by atoms with van der Waals surface area (Å²) in [4.78, 5) is 51.8. The van der Waals surface area contributed by atoms with Gasteiger partial charge < -0.3 is 25.1 Å². The van der Waals surface area contributed by atoms with E-state index in [1.165, 1.54) is 6.42 Å². The van der Waals surface area contributed by atoms with Gasteiger partial charge in [0, 0.05) is 25.0 Å². The molecule has 2 aromatic carbocycles. The number of aldehydes is 1. The van der Waals surface area contributed by atoms with Crippen LogP contribution in [-0.2, 0) is 32.3 Å². The Kier molecular flexibility index (Phi) is 12.3. The molecule has 1 saturated carbocycles. The van der Waals surface area contributed by atoms with Crippen molar-refractivity contribution in [3.63, 3.8) is 0 Å². The van der Waals surface area contributed by atoms with Gasteiger partial charge in [0.25, 0.3) is 0 Å². The molecule has 0 aromatic heterocycles. The third-order valence-corrected chi connectivity index (χ3v) is 7.25. The quantitative estimate of drug-likeness (QED) is 0.337. The Bertz CT molecular complexity index is 1090. The van der Waals surface area contributed by atoms with Crippen LogP contribution in [0.3, 0.4) is 0 Å². The van der Waals surface area contributed by atoms with E-state index in [2.05, 4.69) is 10.6 Å². The van der Waals surface area contributed by atoms with Gasteiger partial charge >= 0.3 is 6.09 Å². The van der Waals surface area contributed by atoms with Crippen LogP contribution in [0.25, 0.3) is 0 Å². The molecule has 0 saturated heterocycles. The number of benzene rings is 2. The second kappa shape index (κ2) is 15.9. The van der Waals surface area contributed by atoms with Crippen molar-refractivity contribution in [2.45, 2.75) is 76.6 Å². The van der Waals surface area contributed by atoms with Gasteiger partial charge in [-0.2, -0.15) is 0 Å². The minimum atomic E-state index is -0.848. The summed E-state index contributed by atoms with van der Waals surface area (Å²) in [5.41, 5.74) is 1.74. The van der Waals surface area contributed by atoms with Crippen LogP contribution in [0.2, 0.25) is 5.02 Å². The lowest BCUT2D eigenvalue weighted by Gasteiger charge is -2.27. The number of hydrogen-bond donors (Lipinski definition) is 2. The second-order valence-electron chi connectivity index (χ2n) is 10.2. The maximum Gasteiger partial charge on any atom is 0.408 e. The molecule has 1 fully saturated rings. The summed E-state index contributed by atoms with van der Waals surface area (Å²) in [5.74, 6) is -0.283. The molecule has 2 aromatic rings. The van der Waals surface area contributed by atoms with Crippen molar-refractivity contribution in [1.82, 2.24) is 15.5 Å². The van der Waals surface area contributed by atoms with E-state index in [-0.39, 0.29) is 25.4 Å². The summed E-state index contributed by atoms with van der Waals surface area (Å²) in [6, 6.07) is 14.9. The second-order valence-corrected chi connectivity index (χ2v) is 10.6. The number of ether oxygens (including phenoxy) is 1. The van der Waals surface area contributed by atoms with Crippen LogP contribution in [0.4, 0.5) is 4.79 Å². The Morgan fingerprint density at radius 3 is 2.44 bits per heavy atom. The first-order valence-electron chi connectivity index (χ1n) is 13.6. The fourth-order valence-electron chi connectivity index (χ4n) is 4.82. The van der Waals surface area contributed by atoms with Crippen molar-refractivity contribution < 1.29 is 23.9 Å². The normalized spacial score (nSPS) is 15.0. The van der Waals surface area contributed by atoms with Crippen LogP contribution in [0, 0.1) is 5.92 Å². The number of carbonyl (C=O) groups excluding carboxylic acids is 4. The number of halogens is 1. The monoisotopic (exact) mass is 555 g/mol. The molecule has 9 heteroatoms. The van der Waals surface area contributed by atoms with E-state index in [9.17, 15) is 19.2 Å². The number of amides is 3. The third kappa shape index (κ3) is 10.7. The molecule has 3 rings (SSSR count). The maximum atomic E-state index is 13.2. The Hall–Kier alpha value is -3.39. The predicted octanol–water partition coefficient (Wildman–Crippen LogP) is 5.03. The smallest absolute Gasteiger partial charge is 0.408 e. The SMILES string of the molecule is CN(Cc1ccccc1)C(=O)CC[C@@H](C=O)NC(=O)[C@H](CC1CCCCC1)NC(=O)OCc1cccc(Cl)c1. The van der Waals surface area contributed by atoms with Crippen LogP contribution < -0.4 is 10.6 Å². The summed E-state index contributed by atoms with van der Waals surface area (Å²) < 4.78 is 5.33. The summed E-state index contributed by atoms with van der Waals surface area (Å²) in [6.45, 7) is 0.474. The maximum absolute atomic E-state index is 13.2. The van der Waals surface area contributed by atoms with Crippen molar-refractivity contribution in [1.29, 1.82) is 0 Å². The zero-order chi connectivity index (χ0) is 28.0. The van der Waals surface area contributed by atoms with Gasteiger partial charge in [0.2, 0.25) is 11.8 Å². The Morgan fingerprint density at radius 2 is 1.74 bits per heavy atom. The van der Waals surface area contributed by atoms with Gasteiger partial charge in [0.1, 0.15) is 18.9 Å². The van der Waals surface area contributed by atoms with Gasteiger partial charge in [-0.3, -0.25) is 9.59 Å². The topological polar surface area (TPSA) is 105 Å². The first kappa shape index (κ1) is 30.2. The number of nitrogens with zero attached hydrogens (tertiary/aromatic N) is 1. The van der Waals surface area contributed by atoms with E-state index in [1.807, 2.05) is 30.3 Å². The van der Waals surface area contributed by atoms with Crippen LogP contribution in [0.15, 0.2) is 54.6 Å². The highest BCUT2D eigenvalue weighted by molar-refractivity contribution is 6.30. The standard InChI is InChI=1S/C30H38ClN3O5/c1-34(19-23-11-6-3-7-12-23)28(36)16-15-26(20-35)32-29(37)27(18-22-9-4-2-5-10-22)33-30(38)39-21-24-13-8-14-25(31)17-24/h3,6-8,11-14,17,20,22,26-27H,2,4-5,9-10,15-16,18-19,21H2,1H3,(H,32,37)(H,33,38)/t26-,27-/m0/s1. The predicted molar refractivity (Wildman–Crippen MR) is 150 cm³/mol. The number of rotatable bonds is 13. The van der Waals surface area contributed by atoms with Gasteiger partial charge in [0.15, 0.2) is 0 Å². The molecule has 3 amide bonds. The Balaban J connectivity index is 1.54. The molecule has 39 heavy (non-hydrogen) atoms. The minimum absolute atomic E-state index is 0.0136. The number of nitrogens with one attached hydrogen (secondary N) is 2. The summed E-state index contributed by atoms with van der Waals surface area (Å²) >= 11 is 5.99. The molecular formula is C30H38ClN3O5. The van der Waals surface area contributed by atoms with Crippen molar-refractivity contribution in [3.05, 3.63) is 70.7 Å². The van der Waals surface area contributed by atoms with E-state index < -0.39 is 24.1 Å². The van der Waals surface area contributed by atoms with Crippen molar-refractivity contribution in [3.8, 4) is 0 Å². The lowest BCUT2D eigenvalue weighted by atomic mass is 9.84. The molecule has 0 heterocycles. The molecule has 0 unspecified atom stereocenters. The van der Waals surface area contributed by atoms with E-state index in [1.54, 1.807) is 36.2 Å². The molecule has 0 spiro atoms. The molecule has 8 nitrogen and oxygen atoms in total. The highest BCUT2D eigenvalue weighted by Gasteiger charge is 2.28. The fraction of sp³-hybridized carbons (Fsp3) is 0.467. The first-order valence-corrected chi connectivity index (χ1v) is 13.9. The summed E-state index contributed by atoms with van der Waals surface area (Å²) in [7, 11) is 1.71. The lowest BCUT2D eigenvalue weighted by molar-refractivity contribution is -0.131. The van der Waals surface area contributed by atoms with E-state index in [0.717, 1.165) is 36.8 Å². The summed E-state index contributed by atoms with van der Waals surface area (Å²) in [6.07, 6.45) is 5.98. The van der Waals surface area contributed by atoms with Crippen molar-refractivity contribution >= 4 is 35.8 Å². The first-order chi connectivity index (χ1) is 18.8. The molecule has 0 radical (unpaired) electrons. The lowest BCUT2D eigenvalue weighted by Crippen LogP contribution is -2.51. The molecule has 0 bridgehead atoms. The number of carbonyl (C=O) groups is 4. The van der Waals surface area contributed by atoms with E-state index >= 15 is 0 Å². The van der Waals surface area contributed by atoms with Gasteiger partial charge in [-0.05, 0) is 42.0 Å². The van der Waals surface area contributed by atoms with Gasteiger partial charge in [0.05, 0.1) is 6.04 Å². The average molecular weight is 556 g/mol. The van der Waals surface area contributed by atoms with Gasteiger partial charge in [-0.1, -0.05) is 86.2 Å². The van der Waals surface area contributed by atoms with E-state index in [4.69, 9.17) is 16.3 Å². The molecule has 210 valence electrons. The number of hydrogen-bond acceptors (Lipinski definition) is 5. The Morgan fingerprint density at radius 1 is 1.03 bits per heavy atom. The highest BCUT2D eigenvalue weighted by atomic mass is 35.5. The van der Waals surface area contributed by atoms with Gasteiger partial charge in [-0.25, -0.2) is 4.79 Å². The van der Waals surface area contributed by atoms with Crippen LogP contribution >= 0.6 is 11.6 Å². The van der Waals surface area contributed by atoms with Crippen LogP contribution in [-0.4, -0.2) is 48.2 Å². The molecule has 1 aliphatic carbocycles. The largest absolute Gasteiger partial charge is 0.445 e. The zero-order valence-corrected chi connectivity index (χ0v) is 23.2. The average Bonchev–Trinajstić information content (AvgIpc) is 2.94. The zero-order valence-electron chi connectivity index (χ0n) is 22.4. The Labute approximate surface area is 235 Å².